The molecule has 6 nitrogen and oxygen atoms in total. The summed E-state index contributed by atoms with van der Waals surface area (Å²) >= 11 is 0. The molecule has 1 aromatic heterocycles. The Morgan fingerprint density at radius 2 is 2.17 bits per heavy atom. The first-order chi connectivity index (χ1) is 8.74. The highest BCUT2D eigenvalue weighted by atomic mass is 16.5. The Labute approximate surface area is 108 Å². The second-order valence-corrected chi connectivity index (χ2v) is 4.46. The van der Waals surface area contributed by atoms with Crippen molar-refractivity contribution in [2.75, 3.05) is 50.4 Å². The van der Waals surface area contributed by atoms with Crippen LogP contribution in [0.15, 0.2) is 6.07 Å². The molecule has 0 saturated carbocycles. The van der Waals surface area contributed by atoms with Crippen LogP contribution in [0, 0.1) is 6.92 Å². The summed E-state index contributed by atoms with van der Waals surface area (Å²) in [5.41, 5.74) is 5.67. The average Bonchev–Trinajstić information content (AvgIpc) is 2.35. The van der Waals surface area contributed by atoms with Gasteiger partial charge in [0.2, 0.25) is 0 Å². The molecule has 100 valence electrons. The van der Waals surface area contributed by atoms with Crippen molar-refractivity contribution in [1.29, 1.82) is 0 Å². The van der Waals surface area contributed by atoms with Crippen LogP contribution in [0.5, 0.6) is 0 Å². The molecule has 6 heteroatoms. The van der Waals surface area contributed by atoms with Crippen molar-refractivity contribution in [3.8, 4) is 0 Å². The number of aryl methyl sites for hydroxylation is 1. The zero-order chi connectivity index (χ0) is 12.8. The van der Waals surface area contributed by atoms with Crippen LogP contribution in [0.25, 0.3) is 0 Å². The smallest absolute Gasteiger partial charge is 0.131 e. The molecule has 0 spiro atoms. The van der Waals surface area contributed by atoms with Gasteiger partial charge in [0, 0.05) is 25.7 Å². The molecule has 0 atom stereocenters. The SMILES string of the molecule is Cc1nc(N)cc(NCCCN2CCOCC2)n1. The number of aromatic nitrogens is 2. The van der Waals surface area contributed by atoms with E-state index in [1.54, 1.807) is 6.07 Å². The van der Waals surface area contributed by atoms with Crippen LogP contribution in [0.1, 0.15) is 12.2 Å². The highest BCUT2D eigenvalue weighted by Gasteiger charge is 2.09. The summed E-state index contributed by atoms with van der Waals surface area (Å²) in [4.78, 5) is 10.7. The zero-order valence-corrected chi connectivity index (χ0v) is 10.9. The Morgan fingerprint density at radius 3 is 2.89 bits per heavy atom. The number of hydrogen-bond donors (Lipinski definition) is 2. The lowest BCUT2D eigenvalue weighted by Crippen LogP contribution is -2.37. The van der Waals surface area contributed by atoms with E-state index in [1.807, 2.05) is 6.92 Å². The molecular weight excluding hydrogens is 230 g/mol. The first-order valence-corrected chi connectivity index (χ1v) is 6.39. The normalized spacial score (nSPS) is 16.7. The highest BCUT2D eigenvalue weighted by Crippen LogP contribution is 2.07. The topological polar surface area (TPSA) is 76.3 Å². The predicted molar refractivity (Wildman–Crippen MR) is 71.5 cm³/mol. The first kappa shape index (κ1) is 13.0. The third-order valence-corrected chi connectivity index (χ3v) is 2.92. The highest BCUT2D eigenvalue weighted by molar-refractivity contribution is 5.44. The molecule has 18 heavy (non-hydrogen) atoms. The summed E-state index contributed by atoms with van der Waals surface area (Å²) in [5.74, 6) is 2.02. The van der Waals surface area contributed by atoms with E-state index < -0.39 is 0 Å². The van der Waals surface area contributed by atoms with Crippen molar-refractivity contribution in [2.24, 2.45) is 0 Å². The summed E-state index contributed by atoms with van der Waals surface area (Å²) in [7, 11) is 0. The average molecular weight is 251 g/mol. The minimum absolute atomic E-state index is 0.512. The molecule has 0 bridgehead atoms. The fourth-order valence-corrected chi connectivity index (χ4v) is 2.03. The lowest BCUT2D eigenvalue weighted by molar-refractivity contribution is 0.0378. The Morgan fingerprint density at radius 1 is 1.39 bits per heavy atom. The van der Waals surface area contributed by atoms with Crippen LogP contribution < -0.4 is 11.1 Å². The molecule has 0 radical (unpaired) electrons. The molecule has 2 rings (SSSR count). The van der Waals surface area contributed by atoms with Gasteiger partial charge in [-0.1, -0.05) is 0 Å². The number of anilines is 2. The van der Waals surface area contributed by atoms with E-state index in [1.165, 1.54) is 0 Å². The van der Waals surface area contributed by atoms with Gasteiger partial charge < -0.3 is 15.8 Å². The van der Waals surface area contributed by atoms with E-state index in [0.717, 1.165) is 51.6 Å². The minimum atomic E-state index is 0.512. The number of hydrogen-bond acceptors (Lipinski definition) is 6. The van der Waals surface area contributed by atoms with Gasteiger partial charge in [0.15, 0.2) is 0 Å². The fraction of sp³-hybridized carbons (Fsp3) is 0.667. The first-order valence-electron chi connectivity index (χ1n) is 6.39. The van der Waals surface area contributed by atoms with Gasteiger partial charge in [-0.15, -0.1) is 0 Å². The lowest BCUT2D eigenvalue weighted by Gasteiger charge is -2.26. The van der Waals surface area contributed by atoms with Crippen LogP contribution in [0.4, 0.5) is 11.6 Å². The number of nitrogens with two attached hydrogens (primary N) is 1. The van der Waals surface area contributed by atoms with E-state index in [4.69, 9.17) is 10.5 Å². The summed E-state index contributed by atoms with van der Waals surface area (Å²) in [6.45, 7) is 7.63. The van der Waals surface area contributed by atoms with Crippen molar-refractivity contribution >= 4 is 11.6 Å². The van der Waals surface area contributed by atoms with Gasteiger partial charge >= 0.3 is 0 Å². The maximum Gasteiger partial charge on any atom is 0.131 e. The number of ether oxygens (including phenoxy) is 1. The number of morpholine rings is 1. The summed E-state index contributed by atoms with van der Waals surface area (Å²) in [5, 5.41) is 3.28. The molecule has 3 N–H and O–H groups in total. The number of nitrogens with zero attached hydrogens (tertiary/aromatic N) is 3. The Bertz CT molecular complexity index is 358. The Kier molecular flexibility index (Phi) is 4.72. The Balaban J connectivity index is 1.68. The van der Waals surface area contributed by atoms with Crippen molar-refractivity contribution in [3.05, 3.63) is 11.9 Å². The van der Waals surface area contributed by atoms with Crippen LogP contribution in [-0.4, -0.2) is 54.3 Å². The number of rotatable bonds is 5. The van der Waals surface area contributed by atoms with Crippen LogP contribution >= 0.6 is 0 Å². The monoisotopic (exact) mass is 251 g/mol. The van der Waals surface area contributed by atoms with Crippen molar-refractivity contribution in [2.45, 2.75) is 13.3 Å². The van der Waals surface area contributed by atoms with E-state index in [2.05, 4.69) is 20.2 Å². The molecule has 1 fully saturated rings. The van der Waals surface area contributed by atoms with Crippen LogP contribution in [-0.2, 0) is 4.74 Å². The molecular formula is C12H21N5O. The predicted octanol–water partition coefficient (Wildman–Crippen LogP) is 0.501. The molecule has 0 unspecified atom stereocenters. The number of nitrogens with one attached hydrogen (secondary N) is 1. The maximum absolute atomic E-state index is 5.67. The van der Waals surface area contributed by atoms with Gasteiger partial charge in [-0.25, -0.2) is 9.97 Å². The fourth-order valence-electron chi connectivity index (χ4n) is 2.03. The van der Waals surface area contributed by atoms with Gasteiger partial charge in [-0.3, -0.25) is 4.90 Å². The van der Waals surface area contributed by atoms with Crippen molar-refractivity contribution in [3.63, 3.8) is 0 Å². The molecule has 1 aromatic rings. The van der Waals surface area contributed by atoms with Gasteiger partial charge in [0.1, 0.15) is 17.5 Å². The van der Waals surface area contributed by atoms with Crippen LogP contribution in [0.3, 0.4) is 0 Å². The van der Waals surface area contributed by atoms with Gasteiger partial charge in [0.05, 0.1) is 13.2 Å². The van der Waals surface area contributed by atoms with Gasteiger partial charge in [0.25, 0.3) is 0 Å². The standard InChI is InChI=1S/C12H21N5O/c1-10-15-11(13)9-12(16-10)14-3-2-4-17-5-7-18-8-6-17/h9H,2-8H2,1H3,(H3,13,14,15,16). The van der Waals surface area contributed by atoms with Gasteiger partial charge in [-0.2, -0.15) is 0 Å². The van der Waals surface area contributed by atoms with Crippen molar-refractivity contribution < 1.29 is 4.74 Å². The Hall–Kier alpha value is -1.40. The van der Waals surface area contributed by atoms with E-state index >= 15 is 0 Å². The van der Waals surface area contributed by atoms with E-state index in [9.17, 15) is 0 Å². The summed E-state index contributed by atoms with van der Waals surface area (Å²) in [6.07, 6.45) is 1.09. The third kappa shape index (κ3) is 4.12. The minimum Gasteiger partial charge on any atom is -0.384 e. The molecule has 0 aliphatic carbocycles. The van der Waals surface area contributed by atoms with Gasteiger partial charge in [-0.05, 0) is 19.9 Å². The third-order valence-electron chi connectivity index (χ3n) is 2.92. The largest absolute Gasteiger partial charge is 0.384 e. The van der Waals surface area contributed by atoms with E-state index in [0.29, 0.717) is 11.6 Å². The summed E-state index contributed by atoms with van der Waals surface area (Å²) in [6, 6.07) is 1.77. The van der Waals surface area contributed by atoms with Crippen molar-refractivity contribution in [1.82, 2.24) is 14.9 Å². The van der Waals surface area contributed by atoms with Crippen LogP contribution in [0.2, 0.25) is 0 Å². The maximum atomic E-state index is 5.67. The molecule has 1 saturated heterocycles. The van der Waals surface area contributed by atoms with E-state index in [-0.39, 0.29) is 0 Å². The second-order valence-electron chi connectivity index (χ2n) is 4.46. The molecule has 1 aliphatic heterocycles. The molecule has 0 amide bonds. The summed E-state index contributed by atoms with van der Waals surface area (Å²) < 4.78 is 5.31. The molecule has 0 aromatic carbocycles. The second kappa shape index (κ2) is 6.51. The lowest BCUT2D eigenvalue weighted by atomic mass is 10.3. The number of nitrogen functional groups attached to an aromatic ring is 1. The molecule has 2 heterocycles. The zero-order valence-electron chi connectivity index (χ0n) is 10.9. The quantitative estimate of drug-likeness (QED) is 0.742. The molecule has 1 aliphatic rings.